The van der Waals surface area contributed by atoms with Crippen molar-refractivity contribution in [2.45, 2.75) is 0 Å². The number of anilines is 2. The topological polar surface area (TPSA) is 141 Å². The SMILES string of the molecule is O=[N+]([O-])c1ccc(/C=C/c2ccc(Nc3ccc([N+](=O)[O-])cc3[N+](=O)[O-])cc2)cc1. The van der Waals surface area contributed by atoms with E-state index in [2.05, 4.69) is 5.32 Å². The molecule has 0 aliphatic carbocycles. The number of nitrogens with zero attached hydrogens (tertiary/aromatic N) is 3. The van der Waals surface area contributed by atoms with Crippen molar-refractivity contribution in [3.05, 3.63) is 108 Å². The molecule has 0 radical (unpaired) electrons. The average Bonchev–Trinajstić information content (AvgIpc) is 2.73. The van der Waals surface area contributed by atoms with Crippen LogP contribution >= 0.6 is 0 Å². The van der Waals surface area contributed by atoms with Gasteiger partial charge in [0.15, 0.2) is 0 Å². The Balaban J connectivity index is 1.74. The van der Waals surface area contributed by atoms with E-state index in [1.807, 2.05) is 6.08 Å². The smallest absolute Gasteiger partial charge is 0.299 e. The number of benzene rings is 3. The van der Waals surface area contributed by atoms with Crippen LogP contribution in [0.1, 0.15) is 11.1 Å². The van der Waals surface area contributed by atoms with Crippen LogP contribution in [0.3, 0.4) is 0 Å². The Morgan fingerprint density at radius 2 is 1.13 bits per heavy atom. The molecule has 0 aliphatic heterocycles. The number of nitro groups is 3. The highest BCUT2D eigenvalue weighted by Crippen LogP contribution is 2.31. The van der Waals surface area contributed by atoms with Crippen LogP contribution in [0.15, 0.2) is 66.7 Å². The van der Waals surface area contributed by atoms with Crippen LogP contribution in [0.5, 0.6) is 0 Å². The Morgan fingerprint density at radius 3 is 1.63 bits per heavy atom. The molecule has 0 spiro atoms. The third-order valence-electron chi connectivity index (χ3n) is 4.15. The van der Waals surface area contributed by atoms with Crippen molar-refractivity contribution in [3.8, 4) is 0 Å². The van der Waals surface area contributed by atoms with Crippen molar-refractivity contribution in [3.63, 3.8) is 0 Å². The number of hydrogen-bond donors (Lipinski definition) is 1. The first kappa shape index (κ1) is 20.1. The van der Waals surface area contributed by atoms with Crippen molar-refractivity contribution >= 4 is 40.6 Å². The highest BCUT2D eigenvalue weighted by atomic mass is 16.6. The molecule has 0 aliphatic rings. The molecule has 0 aromatic heterocycles. The summed E-state index contributed by atoms with van der Waals surface area (Å²) in [6.07, 6.45) is 3.62. The lowest BCUT2D eigenvalue weighted by molar-refractivity contribution is -0.393. The Hall–Kier alpha value is -4.60. The maximum atomic E-state index is 11.2. The Morgan fingerprint density at radius 1 is 0.633 bits per heavy atom. The van der Waals surface area contributed by atoms with Gasteiger partial charge in [-0.15, -0.1) is 0 Å². The summed E-state index contributed by atoms with van der Waals surface area (Å²) in [6.45, 7) is 0. The van der Waals surface area contributed by atoms with Crippen LogP contribution in [0.2, 0.25) is 0 Å². The molecule has 3 aromatic carbocycles. The van der Waals surface area contributed by atoms with Crippen LogP contribution in [0, 0.1) is 30.3 Å². The number of nitro benzene ring substituents is 3. The van der Waals surface area contributed by atoms with Gasteiger partial charge in [-0.05, 0) is 41.5 Å². The second-order valence-corrected chi connectivity index (χ2v) is 6.14. The molecular formula is C20H14N4O6. The van der Waals surface area contributed by atoms with E-state index in [1.165, 1.54) is 24.3 Å². The van der Waals surface area contributed by atoms with Gasteiger partial charge < -0.3 is 5.32 Å². The zero-order valence-electron chi connectivity index (χ0n) is 15.3. The van der Waals surface area contributed by atoms with Gasteiger partial charge in [0.25, 0.3) is 17.1 Å². The summed E-state index contributed by atoms with van der Waals surface area (Å²) in [5.41, 5.74) is 1.61. The van der Waals surface area contributed by atoms with E-state index >= 15 is 0 Å². The lowest BCUT2D eigenvalue weighted by Crippen LogP contribution is -1.98. The van der Waals surface area contributed by atoms with Crippen molar-refractivity contribution in [2.24, 2.45) is 0 Å². The maximum absolute atomic E-state index is 11.2. The van der Waals surface area contributed by atoms with Gasteiger partial charge in [0.1, 0.15) is 5.69 Å². The van der Waals surface area contributed by atoms with Crippen LogP contribution in [0.4, 0.5) is 28.4 Å². The fourth-order valence-electron chi connectivity index (χ4n) is 2.62. The second kappa shape index (κ2) is 8.61. The molecule has 0 amide bonds. The standard InChI is InChI=1S/C20H14N4O6/c25-22(26)17-9-5-15(6-10-17)2-1-14-3-7-16(8-4-14)21-19-12-11-18(23(27)28)13-20(19)24(29)30/h1-13,21H/b2-1+. The van der Waals surface area contributed by atoms with E-state index < -0.39 is 20.5 Å². The Labute approximate surface area is 169 Å². The highest BCUT2D eigenvalue weighted by Gasteiger charge is 2.19. The minimum absolute atomic E-state index is 0.0166. The molecule has 0 saturated carbocycles. The fourth-order valence-corrected chi connectivity index (χ4v) is 2.62. The van der Waals surface area contributed by atoms with Gasteiger partial charge in [-0.3, -0.25) is 30.3 Å². The van der Waals surface area contributed by atoms with E-state index in [0.717, 1.165) is 17.2 Å². The first-order valence-electron chi connectivity index (χ1n) is 8.56. The van der Waals surface area contributed by atoms with Gasteiger partial charge in [0.2, 0.25) is 0 Å². The van der Waals surface area contributed by atoms with E-state index in [9.17, 15) is 30.3 Å². The normalized spacial score (nSPS) is 10.7. The highest BCUT2D eigenvalue weighted by molar-refractivity contribution is 5.74. The molecule has 10 nitrogen and oxygen atoms in total. The lowest BCUT2D eigenvalue weighted by atomic mass is 10.1. The minimum Gasteiger partial charge on any atom is -0.350 e. The molecule has 1 N–H and O–H groups in total. The third kappa shape index (κ3) is 4.81. The number of rotatable bonds is 7. The van der Waals surface area contributed by atoms with E-state index in [4.69, 9.17) is 0 Å². The molecule has 150 valence electrons. The predicted octanol–water partition coefficient (Wildman–Crippen LogP) is 5.33. The molecule has 3 rings (SSSR count). The van der Waals surface area contributed by atoms with Crippen molar-refractivity contribution in [1.29, 1.82) is 0 Å². The van der Waals surface area contributed by atoms with Crippen molar-refractivity contribution in [1.82, 2.24) is 0 Å². The molecule has 3 aromatic rings. The van der Waals surface area contributed by atoms with E-state index in [-0.39, 0.29) is 17.1 Å². The van der Waals surface area contributed by atoms with Crippen molar-refractivity contribution in [2.75, 3.05) is 5.32 Å². The summed E-state index contributed by atoms with van der Waals surface area (Å²) in [5, 5.41) is 35.6. The molecule has 30 heavy (non-hydrogen) atoms. The van der Waals surface area contributed by atoms with Crippen LogP contribution in [-0.4, -0.2) is 14.8 Å². The average molecular weight is 406 g/mol. The molecule has 0 atom stereocenters. The number of hydrogen-bond acceptors (Lipinski definition) is 7. The maximum Gasteiger partial charge on any atom is 0.299 e. The Kier molecular flexibility index (Phi) is 5.78. The van der Waals surface area contributed by atoms with Crippen molar-refractivity contribution < 1.29 is 14.8 Å². The molecule has 10 heteroatoms. The van der Waals surface area contributed by atoms with Gasteiger partial charge in [-0.1, -0.05) is 24.3 Å². The molecule has 0 unspecified atom stereocenters. The summed E-state index contributed by atoms with van der Waals surface area (Å²) in [7, 11) is 0. The summed E-state index contributed by atoms with van der Waals surface area (Å²) < 4.78 is 0. The zero-order chi connectivity index (χ0) is 21.7. The predicted molar refractivity (Wildman–Crippen MR) is 111 cm³/mol. The van der Waals surface area contributed by atoms with E-state index in [0.29, 0.717) is 5.69 Å². The summed E-state index contributed by atoms with van der Waals surface area (Å²) in [6, 6.07) is 16.5. The minimum atomic E-state index is -0.692. The van der Waals surface area contributed by atoms with Gasteiger partial charge in [-0.25, -0.2) is 0 Å². The molecule has 0 bridgehead atoms. The fraction of sp³-hybridized carbons (Fsp3) is 0. The summed E-state index contributed by atoms with van der Waals surface area (Å²) >= 11 is 0. The van der Waals surface area contributed by atoms with Gasteiger partial charge in [-0.2, -0.15) is 0 Å². The lowest BCUT2D eigenvalue weighted by Gasteiger charge is -2.07. The first-order valence-corrected chi connectivity index (χ1v) is 8.56. The quantitative estimate of drug-likeness (QED) is 0.318. The molecular weight excluding hydrogens is 392 g/mol. The van der Waals surface area contributed by atoms with Crippen LogP contribution in [-0.2, 0) is 0 Å². The monoisotopic (exact) mass is 406 g/mol. The molecule has 0 saturated heterocycles. The van der Waals surface area contributed by atoms with Gasteiger partial charge >= 0.3 is 0 Å². The first-order chi connectivity index (χ1) is 14.3. The van der Waals surface area contributed by atoms with Crippen LogP contribution in [0.25, 0.3) is 12.2 Å². The van der Waals surface area contributed by atoms with Gasteiger partial charge in [0, 0.05) is 23.9 Å². The number of non-ortho nitro benzene ring substituents is 2. The van der Waals surface area contributed by atoms with Gasteiger partial charge in [0.05, 0.1) is 20.8 Å². The number of nitrogens with one attached hydrogen (secondary N) is 1. The largest absolute Gasteiger partial charge is 0.350 e. The third-order valence-corrected chi connectivity index (χ3v) is 4.15. The summed E-state index contributed by atoms with van der Waals surface area (Å²) in [5.74, 6) is 0. The van der Waals surface area contributed by atoms with Crippen LogP contribution < -0.4 is 5.32 Å². The van der Waals surface area contributed by atoms with E-state index in [1.54, 1.807) is 42.5 Å². The zero-order valence-corrected chi connectivity index (χ0v) is 15.3. The summed E-state index contributed by atoms with van der Waals surface area (Å²) in [4.78, 5) is 30.9. The molecule has 0 fully saturated rings. The Bertz CT molecular complexity index is 1140. The second-order valence-electron chi connectivity index (χ2n) is 6.14. The molecule has 0 heterocycles.